The van der Waals surface area contributed by atoms with Crippen molar-refractivity contribution < 1.29 is 29.3 Å². The van der Waals surface area contributed by atoms with Crippen LogP contribution in [-0.2, 0) is 32.8 Å². The Morgan fingerprint density at radius 3 is 2.29 bits per heavy atom. The molecule has 2 aromatic carbocycles. The second-order valence-corrected chi connectivity index (χ2v) is 7.89. The zero-order valence-corrected chi connectivity index (χ0v) is 18.5. The third-order valence-corrected chi connectivity index (χ3v) is 4.45. The van der Waals surface area contributed by atoms with E-state index in [2.05, 4.69) is 10.9 Å². The highest BCUT2D eigenvalue weighted by atomic mass is 16.6. The molecule has 31 heavy (non-hydrogen) atoms. The molecule has 1 atom stereocenters. The highest BCUT2D eigenvalue weighted by Crippen LogP contribution is 2.44. The molecule has 2 aromatic rings. The number of amides is 1. The topological polar surface area (TPSA) is 117 Å². The van der Waals surface area contributed by atoms with Crippen molar-refractivity contribution in [3.63, 3.8) is 0 Å². The standard InChI is InChI=1S/C21H24N2O6.C2H6/c1-20(2,3)29-19(27)22-23-21(11-14-9-16(24)17(25)10-15(14)21)18(26)28-12-13-7-5-4-6-8-13;1-2/h4-10,23-25H,11-12H2,1-3H3,(H,22,27);1-2H3/t21-;/m1./s1. The van der Waals surface area contributed by atoms with Crippen molar-refractivity contribution in [2.24, 2.45) is 0 Å². The smallest absolute Gasteiger partial charge is 0.422 e. The second kappa shape index (κ2) is 9.70. The first-order valence-electron chi connectivity index (χ1n) is 10.1. The lowest BCUT2D eigenvalue weighted by molar-refractivity contribution is -0.155. The molecular weight excluding hydrogens is 400 g/mol. The molecule has 0 fully saturated rings. The van der Waals surface area contributed by atoms with Crippen LogP contribution in [-0.4, -0.2) is 27.9 Å². The summed E-state index contributed by atoms with van der Waals surface area (Å²) in [5.74, 6) is -1.28. The van der Waals surface area contributed by atoms with Crippen molar-refractivity contribution in [2.75, 3.05) is 0 Å². The number of phenolic OH excluding ortho intramolecular Hbond substituents is 2. The Labute approximate surface area is 182 Å². The number of benzene rings is 2. The largest absolute Gasteiger partial charge is 0.504 e. The van der Waals surface area contributed by atoms with Crippen LogP contribution >= 0.6 is 0 Å². The number of hydrazine groups is 1. The van der Waals surface area contributed by atoms with Crippen LogP contribution in [0.15, 0.2) is 42.5 Å². The molecule has 0 heterocycles. The number of ether oxygens (including phenoxy) is 2. The molecule has 0 bridgehead atoms. The molecule has 0 radical (unpaired) electrons. The highest BCUT2D eigenvalue weighted by Gasteiger charge is 2.52. The fourth-order valence-corrected chi connectivity index (χ4v) is 3.09. The van der Waals surface area contributed by atoms with Gasteiger partial charge in [-0.25, -0.2) is 15.0 Å². The molecule has 0 saturated carbocycles. The van der Waals surface area contributed by atoms with E-state index in [-0.39, 0.29) is 24.5 Å². The minimum absolute atomic E-state index is 0.0505. The fourth-order valence-electron chi connectivity index (χ4n) is 3.09. The number of rotatable bonds is 5. The number of esters is 1. The van der Waals surface area contributed by atoms with Gasteiger partial charge < -0.3 is 19.7 Å². The van der Waals surface area contributed by atoms with Gasteiger partial charge in [0.25, 0.3) is 0 Å². The SMILES string of the molecule is CC.CC(C)(C)OC(=O)NN[C@]1(C(=O)OCc2ccccc2)Cc2cc(O)c(O)cc21. The molecule has 168 valence electrons. The van der Waals surface area contributed by atoms with Crippen LogP contribution in [0.4, 0.5) is 4.79 Å². The molecule has 4 N–H and O–H groups in total. The summed E-state index contributed by atoms with van der Waals surface area (Å²) in [5.41, 5.74) is 4.82. The molecule has 0 spiro atoms. The van der Waals surface area contributed by atoms with Crippen LogP contribution in [0.2, 0.25) is 0 Å². The van der Waals surface area contributed by atoms with E-state index in [0.717, 1.165) is 5.56 Å². The molecule has 8 heteroatoms. The summed E-state index contributed by atoms with van der Waals surface area (Å²) < 4.78 is 10.6. The third kappa shape index (κ3) is 5.67. The van der Waals surface area contributed by atoms with Crippen molar-refractivity contribution >= 4 is 12.1 Å². The third-order valence-electron chi connectivity index (χ3n) is 4.45. The Morgan fingerprint density at radius 1 is 1.06 bits per heavy atom. The maximum atomic E-state index is 13.0. The van der Waals surface area contributed by atoms with Gasteiger partial charge in [-0.15, -0.1) is 0 Å². The number of nitrogens with one attached hydrogen (secondary N) is 2. The summed E-state index contributed by atoms with van der Waals surface area (Å²) in [5, 5.41) is 19.6. The number of aromatic hydroxyl groups is 2. The van der Waals surface area contributed by atoms with Crippen LogP contribution in [0, 0.1) is 0 Å². The summed E-state index contributed by atoms with van der Waals surface area (Å²) in [6, 6.07) is 11.8. The number of carbonyl (C=O) groups is 2. The molecule has 1 amide bonds. The van der Waals surface area contributed by atoms with Gasteiger partial charge in [0.05, 0.1) is 0 Å². The van der Waals surface area contributed by atoms with E-state index in [1.165, 1.54) is 12.1 Å². The van der Waals surface area contributed by atoms with Crippen molar-refractivity contribution in [2.45, 2.75) is 58.8 Å². The lowest BCUT2D eigenvalue weighted by Crippen LogP contribution is -2.63. The number of phenols is 2. The summed E-state index contributed by atoms with van der Waals surface area (Å²) in [6.07, 6.45) is -0.608. The van der Waals surface area contributed by atoms with Crippen LogP contribution in [0.3, 0.4) is 0 Å². The van der Waals surface area contributed by atoms with Gasteiger partial charge in [0.1, 0.15) is 12.2 Å². The first-order chi connectivity index (χ1) is 14.6. The predicted molar refractivity (Wildman–Crippen MR) is 115 cm³/mol. The van der Waals surface area contributed by atoms with Crippen LogP contribution in [0.5, 0.6) is 11.5 Å². The van der Waals surface area contributed by atoms with Gasteiger partial charge in [-0.05, 0) is 49.6 Å². The molecule has 3 rings (SSSR count). The van der Waals surface area contributed by atoms with E-state index in [4.69, 9.17) is 9.47 Å². The quantitative estimate of drug-likeness (QED) is 0.325. The normalized spacial score (nSPS) is 16.7. The maximum absolute atomic E-state index is 13.0. The highest BCUT2D eigenvalue weighted by molar-refractivity contribution is 5.87. The van der Waals surface area contributed by atoms with Gasteiger partial charge in [0.15, 0.2) is 17.0 Å². The number of hydrogen-bond donors (Lipinski definition) is 4. The van der Waals surface area contributed by atoms with Crippen LogP contribution in [0.1, 0.15) is 51.3 Å². The Hall–Kier alpha value is -3.26. The van der Waals surface area contributed by atoms with Crippen molar-refractivity contribution in [3.05, 3.63) is 59.2 Å². The van der Waals surface area contributed by atoms with E-state index in [0.29, 0.717) is 11.1 Å². The maximum Gasteiger partial charge on any atom is 0.422 e. The Balaban J connectivity index is 0.00000166. The Kier molecular flexibility index (Phi) is 7.51. The zero-order valence-electron chi connectivity index (χ0n) is 18.5. The van der Waals surface area contributed by atoms with E-state index in [9.17, 15) is 19.8 Å². The molecule has 0 aromatic heterocycles. The summed E-state index contributed by atoms with van der Waals surface area (Å²) in [7, 11) is 0. The zero-order chi connectivity index (χ0) is 23.2. The Bertz CT molecular complexity index is 924. The Morgan fingerprint density at radius 2 is 1.68 bits per heavy atom. The molecule has 0 saturated heterocycles. The van der Waals surface area contributed by atoms with Crippen molar-refractivity contribution in [3.8, 4) is 11.5 Å². The summed E-state index contributed by atoms with van der Waals surface area (Å²) in [4.78, 5) is 25.0. The second-order valence-electron chi connectivity index (χ2n) is 7.89. The van der Waals surface area contributed by atoms with E-state index in [1.54, 1.807) is 20.8 Å². The van der Waals surface area contributed by atoms with Crippen LogP contribution < -0.4 is 10.9 Å². The van der Waals surface area contributed by atoms with E-state index in [1.807, 2.05) is 44.2 Å². The minimum atomic E-state index is -1.41. The van der Waals surface area contributed by atoms with Gasteiger partial charge in [0.2, 0.25) is 0 Å². The number of carbonyl (C=O) groups excluding carboxylic acids is 2. The van der Waals surface area contributed by atoms with Crippen molar-refractivity contribution in [1.29, 1.82) is 0 Å². The average Bonchev–Trinajstić information content (AvgIpc) is 2.72. The monoisotopic (exact) mass is 430 g/mol. The lowest BCUT2D eigenvalue weighted by Gasteiger charge is -2.42. The first kappa shape index (κ1) is 24.0. The van der Waals surface area contributed by atoms with Crippen molar-refractivity contribution in [1.82, 2.24) is 10.9 Å². The van der Waals surface area contributed by atoms with Gasteiger partial charge in [-0.3, -0.25) is 5.43 Å². The molecule has 0 unspecified atom stereocenters. The van der Waals surface area contributed by atoms with Gasteiger partial charge >= 0.3 is 12.1 Å². The molecule has 8 nitrogen and oxygen atoms in total. The summed E-state index contributed by atoms with van der Waals surface area (Å²) in [6.45, 7) is 9.21. The number of fused-ring (bicyclic) bond motifs is 1. The molecule has 1 aliphatic carbocycles. The lowest BCUT2D eigenvalue weighted by atomic mass is 9.70. The number of hydrogen-bond acceptors (Lipinski definition) is 7. The molecular formula is C23H30N2O6. The molecule has 1 aliphatic rings. The molecule has 0 aliphatic heterocycles. The van der Waals surface area contributed by atoms with Gasteiger partial charge in [-0.2, -0.15) is 0 Å². The minimum Gasteiger partial charge on any atom is -0.504 e. The van der Waals surface area contributed by atoms with Crippen LogP contribution in [0.25, 0.3) is 0 Å². The average molecular weight is 431 g/mol. The van der Waals surface area contributed by atoms with E-state index >= 15 is 0 Å². The van der Waals surface area contributed by atoms with Gasteiger partial charge in [-0.1, -0.05) is 44.2 Å². The van der Waals surface area contributed by atoms with Gasteiger partial charge in [0, 0.05) is 6.42 Å². The van der Waals surface area contributed by atoms with E-state index < -0.39 is 23.2 Å². The predicted octanol–water partition coefficient (Wildman–Crippen LogP) is 3.65. The first-order valence-corrected chi connectivity index (χ1v) is 10.1. The summed E-state index contributed by atoms with van der Waals surface area (Å²) >= 11 is 0. The fraction of sp³-hybridized carbons (Fsp3) is 0.391.